The maximum absolute atomic E-state index is 14.8. The molecule has 3 aromatic rings. The van der Waals surface area contributed by atoms with Crippen molar-refractivity contribution in [1.82, 2.24) is 14.8 Å². The zero-order valence-corrected chi connectivity index (χ0v) is 23.1. The number of nitrogens with zero attached hydrogens (tertiary/aromatic N) is 3. The second-order valence-corrected chi connectivity index (χ2v) is 10.6. The first-order valence-corrected chi connectivity index (χ1v) is 13.8. The monoisotopic (exact) mass is 527 g/mol. The molecule has 2 aromatic carbocycles. The van der Waals surface area contributed by atoms with Gasteiger partial charge in [0.1, 0.15) is 6.04 Å². The van der Waals surface area contributed by atoms with Gasteiger partial charge in [0, 0.05) is 31.5 Å². The number of methoxy groups -OCH3 is 2. The average Bonchev–Trinajstić information content (AvgIpc) is 2.98. The summed E-state index contributed by atoms with van der Waals surface area (Å²) in [6, 6.07) is 15.0. The van der Waals surface area contributed by atoms with Gasteiger partial charge in [0.2, 0.25) is 0 Å². The first kappa shape index (κ1) is 26.9. The molecule has 1 unspecified atom stereocenters. The van der Waals surface area contributed by atoms with E-state index in [2.05, 4.69) is 41.1 Å². The molecule has 1 aliphatic carbocycles. The number of ether oxygens (including phenoxy) is 2. The third kappa shape index (κ3) is 5.69. The second kappa shape index (κ2) is 12.0. The molecule has 5 rings (SSSR count). The van der Waals surface area contributed by atoms with Gasteiger partial charge in [-0.2, -0.15) is 0 Å². The molecule has 1 atom stereocenters. The van der Waals surface area contributed by atoms with Crippen LogP contribution in [0.2, 0.25) is 0 Å². The molecular weight excluding hydrogens is 490 g/mol. The van der Waals surface area contributed by atoms with Crippen molar-refractivity contribution in [2.24, 2.45) is 0 Å². The van der Waals surface area contributed by atoms with E-state index in [1.165, 1.54) is 5.56 Å². The van der Waals surface area contributed by atoms with Crippen LogP contribution in [0.25, 0.3) is 0 Å². The molecule has 7 heteroatoms. The van der Waals surface area contributed by atoms with Crippen LogP contribution in [0.4, 0.5) is 0 Å². The number of benzene rings is 2. The quantitative estimate of drug-likeness (QED) is 0.378. The Bertz CT molecular complexity index is 1300. The first-order valence-electron chi connectivity index (χ1n) is 13.8. The molecule has 0 N–H and O–H groups in total. The molecule has 0 bridgehead atoms. The SMILES string of the molecule is COc1cc2c(cc1OC)C(C(=O)N(C(=O)c1cccnc1)C1CCCCC1)N(Cc1ccc(C)cc1)CC2. The molecule has 2 amide bonds. The molecule has 1 aromatic heterocycles. The third-order valence-electron chi connectivity index (χ3n) is 8.02. The van der Waals surface area contributed by atoms with Crippen LogP contribution in [0.1, 0.15) is 70.8 Å². The van der Waals surface area contributed by atoms with Crippen molar-refractivity contribution in [1.29, 1.82) is 0 Å². The number of pyridine rings is 1. The minimum absolute atomic E-state index is 0.134. The van der Waals surface area contributed by atoms with Crippen LogP contribution in [0.5, 0.6) is 11.5 Å². The molecule has 0 saturated heterocycles. The summed E-state index contributed by atoms with van der Waals surface area (Å²) in [6.45, 7) is 3.36. The van der Waals surface area contributed by atoms with Gasteiger partial charge in [0.05, 0.1) is 19.8 Å². The Hall–Kier alpha value is -3.71. The van der Waals surface area contributed by atoms with Gasteiger partial charge in [-0.05, 0) is 67.1 Å². The van der Waals surface area contributed by atoms with Crippen molar-refractivity contribution < 1.29 is 19.1 Å². The Morgan fingerprint density at radius 2 is 1.72 bits per heavy atom. The largest absolute Gasteiger partial charge is 0.493 e. The van der Waals surface area contributed by atoms with E-state index in [1.54, 1.807) is 43.6 Å². The normalized spacial score (nSPS) is 17.8. The van der Waals surface area contributed by atoms with Crippen molar-refractivity contribution in [3.05, 3.63) is 88.7 Å². The molecule has 7 nitrogen and oxygen atoms in total. The molecule has 1 aliphatic heterocycles. The molecule has 39 heavy (non-hydrogen) atoms. The molecule has 2 aliphatic rings. The van der Waals surface area contributed by atoms with Crippen LogP contribution in [-0.2, 0) is 17.8 Å². The highest BCUT2D eigenvalue weighted by Crippen LogP contribution is 2.40. The van der Waals surface area contributed by atoms with Crippen LogP contribution in [0, 0.1) is 6.92 Å². The number of carbonyl (C=O) groups is 2. The van der Waals surface area contributed by atoms with Crippen LogP contribution in [0.15, 0.2) is 60.9 Å². The van der Waals surface area contributed by atoms with E-state index in [4.69, 9.17) is 9.47 Å². The van der Waals surface area contributed by atoms with Crippen molar-refractivity contribution in [2.45, 2.75) is 64.1 Å². The van der Waals surface area contributed by atoms with E-state index >= 15 is 0 Å². The molecule has 1 fully saturated rings. The minimum Gasteiger partial charge on any atom is -0.493 e. The summed E-state index contributed by atoms with van der Waals surface area (Å²) >= 11 is 0. The lowest BCUT2D eigenvalue weighted by Crippen LogP contribution is -2.52. The molecule has 204 valence electrons. The molecule has 0 spiro atoms. The van der Waals surface area contributed by atoms with Gasteiger partial charge in [-0.25, -0.2) is 0 Å². The maximum atomic E-state index is 14.8. The molecule has 0 radical (unpaired) electrons. The Morgan fingerprint density at radius 3 is 2.38 bits per heavy atom. The van der Waals surface area contributed by atoms with Gasteiger partial charge < -0.3 is 9.47 Å². The highest BCUT2D eigenvalue weighted by molar-refractivity contribution is 6.06. The Morgan fingerprint density at radius 1 is 1.00 bits per heavy atom. The van der Waals surface area contributed by atoms with Crippen molar-refractivity contribution in [3.63, 3.8) is 0 Å². The molecule has 2 heterocycles. The number of hydrogen-bond donors (Lipinski definition) is 0. The standard InChI is InChI=1S/C32H37N3O4/c1-22-11-13-23(14-12-22)21-34-17-15-24-18-28(38-2)29(39-3)19-27(24)30(34)32(37)35(26-9-5-4-6-10-26)31(36)25-8-7-16-33-20-25/h7-8,11-14,16,18-20,26,30H,4-6,9-10,15,17,21H2,1-3H3. The zero-order chi connectivity index (χ0) is 27.4. The summed E-state index contributed by atoms with van der Waals surface area (Å²) in [4.78, 5) is 36.6. The summed E-state index contributed by atoms with van der Waals surface area (Å²) in [7, 11) is 3.23. The lowest BCUT2D eigenvalue weighted by Gasteiger charge is -2.41. The maximum Gasteiger partial charge on any atom is 0.262 e. The van der Waals surface area contributed by atoms with E-state index in [1.807, 2.05) is 12.1 Å². The van der Waals surface area contributed by atoms with Gasteiger partial charge in [0.15, 0.2) is 11.5 Å². The Balaban J connectivity index is 1.59. The van der Waals surface area contributed by atoms with Crippen LogP contribution < -0.4 is 9.47 Å². The summed E-state index contributed by atoms with van der Waals surface area (Å²) in [5, 5.41) is 0. The van der Waals surface area contributed by atoms with Gasteiger partial charge >= 0.3 is 0 Å². The second-order valence-electron chi connectivity index (χ2n) is 10.6. The van der Waals surface area contributed by atoms with E-state index in [0.717, 1.165) is 55.2 Å². The summed E-state index contributed by atoms with van der Waals surface area (Å²) in [5.41, 5.74) is 4.67. The number of rotatable bonds is 7. The number of amides is 2. The summed E-state index contributed by atoms with van der Waals surface area (Å²) in [6.07, 6.45) is 8.75. The fourth-order valence-corrected chi connectivity index (χ4v) is 5.93. The number of carbonyl (C=O) groups excluding carboxylic acids is 2. The number of fused-ring (bicyclic) bond motifs is 1. The van der Waals surface area contributed by atoms with E-state index < -0.39 is 6.04 Å². The highest BCUT2D eigenvalue weighted by Gasteiger charge is 2.41. The van der Waals surface area contributed by atoms with Crippen molar-refractivity contribution >= 4 is 11.8 Å². The van der Waals surface area contributed by atoms with E-state index in [-0.39, 0.29) is 17.9 Å². The molecular formula is C32H37N3O4. The fourth-order valence-electron chi connectivity index (χ4n) is 5.93. The van der Waals surface area contributed by atoms with Crippen LogP contribution in [-0.4, -0.2) is 53.4 Å². The number of aryl methyl sites for hydroxylation is 1. The number of imide groups is 1. The zero-order valence-electron chi connectivity index (χ0n) is 23.1. The van der Waals surface area contributed by atoms with Gasteiger partial charge in [-0.15, -0.1) is 0 Å². The Kier molecular flexibility index (Phi) is 8.27. The Labute approximate surface area is 230 Å². The summed E-state index contributed by atoms with van der Waals surface area (Å²) in [5.74, 6) is 0.762. The van der Waals surface area contributed by atoms with E-state index in [9.17, 15) is 9.59 Å². The fraction of sp³-hybridized carbons (Fsp3) is 0.406. The van der Waals surface area contributed by atoms with Gasteiger partial charge in [-0.1, -0.05) is 49.1 Å². The van der Waals surface area contributed by atoms with Gasteiger partial charge in [-0.3, -0.25) is 24.4 Å². The lowest BCUT2D eigenvalue weighted by atomic mass is 9.88. The molecule has 1 saturated carbocycles. The van der Waals surface area contributed by atoms with Crippen LogP contribution >= 0.6 is 0 Å². The van der Waals surface area contributed by atoms with Crippen LogP contribution in [0.3, 0.4) is 0 Å². The smallest absolute Gasteiger partial charge is 0.262 e. The minimum atomic E-state index is -0.627. The summed E-state index contributed by atoms with van der Waals surface area (Å²) < 4.78 is 11.2. The third-order valence-corrected chi connectivity index (χ3v) is 8.02. The number of aromatic nitrogens is 1. The first-order chi connectivity index (χ1) is 19.0. The number of hydrogen-bond acceptors (Lipinski definition) is 6. The average molecular weight is 528 g/mol. The predicted octanol–water partition coefficient (Wildman–Crippen LogP) is 5.51. The predicted molar refractivity (Wildman–Crippen MR) is 150 cm³/mol. The lowest BCUT2D eigenvalue weighted by molar-refractivity contribution is -0.137. The van der Waals surface area contributed by atoms with Gasteiger partial charge in [0.25, 0.3) is 11.8 Å². The highest BCUT2D eigenvalue weighted by atomic mass is 16.5. The van der Waals surface area contributed by atoms with E-state index in [0.29, 0.717) is 30.2 Å². The van der Waals surface area contributed by atoms with Crippen molar-refractivity contribution in [2.75, 3.05) is 20.8 Å². The van der Waals surface area contributed by atoms with Crippen molar-refractivity contribution in [3.8, 4) is 11.5 Å². The topological polar surface area (TPSA) is 72.0 Å².